The summed E-state index contributed by atoms with van der Waals surface area (Å²) in [6.07, 6.45) is 5.55. The molecule has 0 bridgehead atoms. The van der Waals surface area contributed by atoms with Gasteiger partial charge in [0.15, 0.2) is 0 Å². The minimum atomic E-state index is 0.477. The van der Waals surface area contributed by atoms with Crippen molar-refractivity contribution in [3.05, 3.63) is 0 Å². The number of rotatable bonds is 3. The smallest absolute Gasteiger partial charge is 0.0156 e. The number of hydrogen-bond donors (Lipinski definition) is 1. The van der Waals surface area contributed by atoms with E-state index in [4.69, 9.17) is 0 Å². The zero-order valence-electron chi connectivity index (χ0n) is 13.1. The number of piperidine rings is 1. The van der Waals surface area contributed by atoms with Gasteiger partial charge in [-0.05, 0) is 56.0 Å². The lowest BCUT2D eigenvalue weighted by Crippen LogP contribution is -2.47. The van der Waals surface area contributed by atoms with Crippen LogP contribution in [0.3, 0.4) is 0 Å². The first kappa shape index (κ1) is 14.3. The van der Waals surface area contributed by atoms with Crippen LogP contribution in [0.5, 0.6) is 0 Å². The molecule has 1 saturated carbocycles. The first-order valence-corrected chi connectivity index (χ1v) is 7.74. The van der Waals surface area contributed by atoms with E-state index < -0.39 is 0 Å². The molecular formula is C16H32N2. The molecule has 1 N–H and O–H groups in total. The van der Waals surface area contributed by atoms with E-state index in [2.05, 4.69) is 45.0 Å². The summed E-state index contributed by atoms with van der Waals surface area (Å²) in [5, 5.41) is 3.59. The van der Waals surface area contributed by atoms with Gasteiger partial charge in [-0.25, -0.2) is 0 Å². The van der Waals surface area contributed by atoms with E-state index >= 15 is 0 Å². The monoisotopic (exact) mass is 252 g/mol. The van der Waals surface area contributed by atoms with Crippen LogP contribution in [-0.4, -0.2) is 37.6 Å². The van der Waals surface area contributed by atoms with Gasteiger partial charge in [-0.2, -0.15) is 0 Å². The average molecular weight is 252 g/mol. The molecule has 0 spiro atoms. The quantitative estimate of drug-likeness (QED) is 0.830. The van der Waals surface area contributed by atoms with Gasteiger partial charge in [0.1, 0.15) is 0 Å². The van der Waals surface area contributed by atoms with Crippen molar-refractivity contribution in [2.24, 2.45) is 16.7 Å². The molecule has 0 aromatic rings. The number of nitrogens with zero attached hydrogens (tertiary/aromatic N) is 1. The summed E-state index contributed by atoms with van der Waals surface area (Å²) >= 11 is 0. The van der Waals surface area contributed by atoms with Gasteiger partial charge in [-0.1, -0.05) is 27.7 Å². The Labute approximate surface area is 114 Å². The first-order valence-electron chi connectivity index (χ1n) is 7.74. The van der Waals surface area contributed by atoms with Crippen molar-refractivity contribution in [1.82, 2.24) is 10.2 Å². The van der Waals surface area contributed by atoms with E-state index in [9.17, 15) is 0 Å². The summed E-state index contributed by atoms with van der Waals surface area (Å²) in [6.45, 7) is 13.6. The van der Waals surface area contributed by atoms with E-state index in [0.29, 0.717) is 16.9 Å². The average Bonchev–Trinajstić information content (AvgIpc) is 2.52. The molecule has 2 rings (SSSR count). The van der Waals surface area contributed by atoms with Gasteiger partial charge in [-0.15, -0.1) is 0 Å². The van der Waals surface area contributed by atoms with Gasteiger partial charge in [0.2, 0.25) is 0 Å². The fraction of sp³-hybridized carbons (Fsp3) is 1.00. The lowest BCUT2D eigenvalue weighted by Gasteiger charge is -2.40. The third-order valence-electron chi connectivity index (χ3n) is 5.26. The second-order valence-electron chi connectivity index (χ2n) is 8.06. The molecule has 2 fully saturated rings. The van der Waals surface area contributed by atoms with Crippen molar-refractivity contribution in [3.63, 3.8) is 0 Å². The van der Waals surface area contributed by atoms with Crippen molar-refractivity contribution in [2.45, 2.75) is 59.4 Å². The molecular weight excluding hydrogens is 220 g/mol. The van der Waals surface area contributed by atoms with Crippen molar-refractivity contribution < 1.29 is 0 Å². The highest BCUT2D eigenvalue weighted by Gasteiger charge is 2.42. The number of likely N-dealkylation sites (tertiary alicyclic amines) is 1. The Balaban J connectivity index is 1.93. The Morgan fingerprint density at radius 1 is 1.17 bits per heavy atom. The van der Waals surface area contributed by atoms with Crippen LogP contribution >= 0.6 is 0 Å². The molecule has 1 heterocycles. The number of nitrogens with one attached hydrogen (secondary N) is 1. The second-order valence-corrected chi connectivity index (χ2v) is 8.06. The topological polar surface area (TPSA) is 15.3 Å². The highest BCUT2D eigenvalue weighted by molar-refractivity contribution is 4.97. The van der Waals surface area contributed by atoms with E-state index in [-0.39, 0.29) is 0 Å². The van der Waals surface area contributed by atoms with Crippen LogP contribution in [0.15, 0.2) is 0 Å². The summed E-state index contributed by atoms with van der Waals surface area (Å²) in [5.74, 6) is 0.846. The molecule has 18 heavy (non-hydrogen) atoms. The maximum Gasteiger partial charge on any atom is 0.0156 e. The molecule has 0 aromatic heterocycles. The lowest BCUT2D eigenvalue weighted by atomic mass is 9.82. The van der Waals surface area contributed by atoms with Crippen LogP contribution in [0.1, 0.15) is 53.4 Å². The Bertz CT molecular complexity index is 283. The summed E-state index contributed by atoms with van der Waals surface area (Å²) in [5.41, 5.74) is 1.01. The maximum atomic E-state index is 3.59. The third kappa shape index (κ3) is 3.08. The third-order valence-corrected chi connectivity index (χ3v) is 5.26. The summed E-state index contributed by atoms with van der Waals surface area (Å²) < 4.78 is 0. The fourth-order valence-corrected chi connectivity index (χ4v) is 4.37. The summed E-state index contributed by atoms with van der Waals surface area (Å²) in [6, 6.07) is 0.697. The molecule has 2 aliphatic rings. The van der Waals surface area contributed by atoms with Gasteiger partial charge in [0.25, 0.3) is 0 Å². The standard InChI is InChI=1S/C16H32N2/c1-15(2)8-6-10-18(12-15)11-13-7-9-16(3,4)14(13)17-5/h13-14,17H,6-12H2,1-5H3. The lowest BCUT2D eigenvalue weighted by molar-refractivity contribution is 0.0932. The van der Waals surface area contributed by atoms with Crippen LogP contribution in [0, 0.1) is 16.7 Å². The molecule has 0 radical (unpaired) electrons. The van der Waals surface area contributed by atoms with Crippen LogP contribution in [-0.2, 0) is 0 Å². The Kier molecular flexibility index (Phi) is 4.08. The van der Waals surface area contributed by atoms with Gasteiger partial charge in [0.05, 0.1) is 0 Å². The molecule has 2 nitrogen and oxygen atoms in total. The Morgan fingerprint density at radius 3 is 2.50 bits per heavy atom. The normalized spacial score (nSPS) is 35.8. The van der Waals surface area contributed by atoms with Crippen LogP contribution < -0.4 is 5.32 Å². The molecule has 1 aliphatic heterocycles. The van der Waals surface area contributed by atoms with Crippen molar-refractivity contribution in [3.8, 4) is 0 Å². The van der Waals surface area contributed by atoms with Gasteiger partial charge in [-0.3, -0.25) is 0 Å². The molecule has 106 valence electrons. The van der Waals surface area contributed by atoms with Gasteiger partial charge in [0, 0.05) is 19.1 Å². The maximum absolute atomic E-state index is 3.59. The summed E-state index contributed by atoms with van der Waals surface area (Å²) in [7, 11) is 2.14. The van der Waals surface area contributed by atoms with E-state index in [1.165, 1.54) is 45.3 Å². The highest BCUT2D eigenvalue weighted by Crippen LogP contribution is 2.42. The minimum Gasteiger partial charge on any atom is -0.316 e. The molecule has 2 unspecified atom stereocenters. The van der Waals surface area contributed by atoms with E-state index in [1.807, 2.05) is 0 Å². The molecule has 0 amide bonds. The fourth-order valence-electron chi connectivity index (χ4n) is 4.37. The zero-order valence-corrected chi connectivity index (χ0v) is 13.1. The Hall–Kier alpha value is -0.0800. The zero-order chi connectivity index (χ0) is 13.4. The SMILES string of the molecule is CNC1C(CN2CCCC(C)(C)C2)CCC1(C)C. The van der Waals surface area contributed by atoms with E-state index in [0.717, 1.165) is 5.92 Å². The molecule has 2 heteroatoms. The van der Waals surface area contributed by atoms with Crippen LogP contribution in [0.2, 0.25) is 0 Å². The highest BCUT2D eigenvalue weighted by atomic mass is 15.1. The van der Waals surface area contributed by atoms with Crippen molar-refractivity contribution in [1.29, 1.82) is 0 Å². The van der Waals surface area contributed by atoms with E-state index in [1.54, 1.807) is 0 Å². The predicted octanol–water partition coefficient (Wildman–Crippen LogP) is 3.13. The molecule has 2 atom stereocenters. The van der Waals surface area contributed by atoms with Crippen molar-refractivity contribution >= 4 is 0 Å². The van der Waals surface area contributed by atoms with Gasteiger partial charge >= 0.3 is 0 Å². The predicted molar refractivity (Wildman–Crippen MR) is 78.8 cm³/mol. The first-order chi connectivity index (χ1) is 8.34. The minimum absolute atomic E-state index is 0.477. The molecule has 1 aliphatic carbocycles. The van der Waals surface area contributed by atoms with Crippen molar-refractivity contribution in [2.75, 3.05) is 26.7 Å². The number of hydrogen-bond acceptors (Lipinski definition) is 2. The van der Waals surface area contributed by atoms with Crippen LogP contribution in [0.4, 0.5) is 0 Å². The molecule has 1 saturated heterocycles. The largest absolute Gasteiger partial charge is 0.316 e. The van der Waals surface area contributed by atoms with Crippen LogP contribution in [0.25, 0.3) is 0 Å². The van der Waals surface area contributed by atoms with Gasteiger partial charge < -0.3 is 10.2 Å². The Morgan fingerprint density at radius 2 is 1.89 bits per heavy atom. The summed E-state index contributed by atoms with van der Waals surface area (Å²) in [4.78, 5) is 2.72. The molecule has 0 aromatic carbocycles. The second kappa shape index (κ2) is 5.13.